The number of aryl methyl sites for hydroxylation is 1. The summed E-state index contributed by atoms with van der Waals surface area (Å²) in [7, 11) is 0. The Kier molecular flexibility index (Phi) is 5.13. The first-order valence-corrected chi connectivity index (χ1v) is 8.16. The number of aromatic nitrogens is 1. The highest BCUT2D eigenvalue weighted by molar-refractivity contribution is 7.99. The van der Waals surface area contributed by atoms with Crippen LogP contribution < -0.4 is 5.32 Å². The van der Waals surface area contributed by atoms with Crippen LogP contribution in [-0.2, 0) is 12.8 Å². The topological polar surface area (TPSA) is 24.9 Å². The summed E-state index contributed by atoms with van der Waals surface area (Å²) >= 11 is 3.87. The van der Waals surface area contributed by atoms with E-state index in [1.807, 2.05) is 0 Å². The number of thioether (sulfide) groups is 1. The van der Waals surface area contributed by atoms with Crippen molar-refractivity contribution in [2.24, 2.45) is 0 Å². The van der Waals surface area contributed by atoms with Gasteiger partial charge in [0.25, 0.3) is 0 Å². The van der Waals surface area contributed by atoms with Crippen molar-refractivity contribution in [3.63, 3.8) is 0 Å². The third-order valence-electron chi connectivity index (χ3n) is 2.88. The van der Waals surface area contributed by atoms with Crippen LogP contribution in [0.15, 0.2) is 5.38 Å². The minimum absolute atomic E-state index is 0.739. The third kappa shape index (κ3) is 3.75. The molecule has 0 aliphatic carbocycles. The summed E-state index contributed by atoms with van der Waals surface area (Å²) in [5.41, 5.74) is 1.26. The van der Waals surface area contributed by atoms with Crippen LogP contribution in [0.25, 0.3) is 0 Å². The number of nitrogens with one attached hydrogen (secondary N) is 1. The Morgan fingerprint density at radius 2 is 2.50 bits per heavy atom. The lowest BCUT2D eigenvalue weighted by molar-refractivity contribution is 0.510. The zero-order chi connectivity index (χ0) is 11.2. The van der Waals surface area contributed by atoms with Crippen molar-refractivity contribution in [1.29, 1.82) is 0 Å². The number of rotatable bonds is 5. The Morgan fingerprint density at radius 3 is 3.19 bits per heavy atom. The molecule has 1 fully saturated rings. The predicted molar refractivity (Wildman–Crippen MR) is 73.5 cm³/mol. The average Bonchev–Trinajstić information content (AvgIpc) is 2.78. The molecule has 1 aromatic heterocycles. The number of thiazole rings is 1. The van der Waals surface area contributed by atoms with Gasteiger partial charge in [0, 0.05) is 30.1 Å². The van der Waals surface area contributed by atoms with Gasteiger partial charge >= 0.3 is 0 Å². The normalized spacial score (nSPS) is 21.2. The van der Waals surface area contributed by atoms with Gasteiger partial charge < -0.3 is 5.32 Å². The molecule has 0 aromatic carbocycles. The second kappa shape index (κ2) is 6.62. The van der Waals surface area contributed by atoms with Gasteiger partial charge in [-0.15, -0.1) is 11.3 Å². The molecule has 1 aromatic rings. The zero-order valence-corrected chi connectivity index (χ0v) is 11.5. The van der Waals surface area contributed by atoms with E-state index in [1.54, 1.807) is 11.3 Å². The molecule has 2 heterocycles. The molecule has 0 spiro atoms. The lowest BCUT2D eigenvalue weighted by atomic mass is 10.2. The second-order valence-electron chi connectivity index (χ2n) is 4.20. The highest BCUT2D eigenvalue weighted by Crippen LogP contribution is 2.17. The van der Waals surface area contributed by atoms with Crippen molar-refractivity contribution in [3.8, 4) is 0 Å². The second-order valence-corrected chi connectivity index (χ2v) is 6.30. The van der Waals surface area contributed by atoms with Gasteiger partial charge in [-0.25, -0.2) is 4.98 Å². The summed E-state index contributed by atoms with van der Waals surface area (Å²) in [6.45, 7) is 3.25. The lowest BCUT2D eigenvalue weighted by Crippen LogP contribution is -2.35. The number of hydrogen-bond acceptors (Lipinski definition) is 4. The van der Waals surface area contributed by atoms with Crippen molar-refractivity contribution in [2.45, 2.75) is 38.6 Å². The van der Waals surface area contributed by atoms with E-state index in [9.17, 15) is 0 Å². The molecule has 1 N–H and O–H groups in total. The first kappa shape index (κ1) is 12.4. The first-order chi connectivity index (χ1) is 7.88. The Hall–Kier alpha value is -0.0600. The number of nitrogens with zero attached hydrogens (tertiary/aromatic N) is 1. The molecule has 4 heteroatoms. The molecule has 0 amide bonds. The van der Waals surface area contributed by atoms with Gasteiger partial charge in [-0.1, -0.05) is 6.92 Å². The molecule has 2 nitrogen and oxygen atoms in total. The Morgan fingerprint density at radius 1 is 1.56 bits per heavy atom. The Balaban J connectivity index is 1.66. The molecule has 2 rings (SSSR count). The van der Waals surface area contributed by atoms with E-state index >= 15 is 0 Å². The summed E-state index contributed by atoms with van der Waals surface area (Å²) in [5.74, 6) is 2.64. The van der Waals surface area contributed by atoms with Crippen molar-refractivity contribution in [3.05, 3.63) is 16.1 Å². The summed E-state index contributed by atoms with van der Waals surface area (Å²) < 4.78 is 0. The van der Waals surface area contributed by atoms with E-state index in [2.05, 4.69) is 34.4 Å². The summed E-state index contributed by atoms with van der Waals surface area (Å²) in [6.07, 6.45) is 4.87. The van der Waals surface area contributed by atoms with Crippen LogP contribution in [0.5, 0.6) is 0 Å². The highest BCUT2D eigenvalue weighted by Gasteiger charge is 2.12. The van der Waals surface area contributed by atoms with Crippen LogP contribution in [-0.4, -0.2) is 29.1 Å². The third-order valence-corrected chi connectivity index (χ3v) is 5.13. The van der Waals surface area contributed by atoms with E-state index < -0.39 is 0 Å². The molecular formula is C12H20N2S2. The molecular weight excluding hydrogens is 236 g/mol. The van der Waals surface area contributed by atoms with Crippen molar-refractivity contribution < 1.29 is 0 Å². The van der Waals surface area contributed by atoms with E-state index in [0.29, 0.717) is 0 Å². The molecule has 1 aliphatic heterocycles. The lowest BCUT2D eigenvalue weighted by Gasteiger charge is -2.22. The fourth-order valence-corrected chi connectivity index (χ4v) is 3.82. The monoisotopic (exact) mass is 256 g/mol. The minimum Gasteiger partial charge on any atom is -0.313 e. The van der Waals surface area contributed by atoms with Gasteiger partial charge in [0.2, 0.25) is 0 Å². The standard InChI is InChI=1S/C12H20N2S2/c1-2-12-14-11(9-16-12)5-6-13-10-4-3-7-15-8-10/h9-10,13H,2-8H2,1H3/t10-/m0/s1. The van der Waals surface area contributed by atoms with Crippen LogP contribution in [0.4, 0.5) is 0 Å². The SMILES string of the molecule is CCc1nc(CCN[C@H]2CCCSC2)cs1. The van der Waals surface area contributed by atoms with Crippen molar-refractivity contribution >= 4 is 23.1 Å². The van der Waals surface area contributed by atoms with E-state index in [-0.39, 0.29) is 0 Å². The minimum atomic E-state index is 0.739. The largest absolute Gasteiger partial charge is 0.313 e. The highest BCUT2D eigenvalue weighted by atomic mass is 32.2. The van der Waals surface area contributed by atoms with Crippen LogP contribution in [0.1, 0.15) is 30.5 Å². The van der Waals surface area contributed by atoms with Crippen molar-refractivity contribution in [1.82, 2.24) is 10.3 Å². The molecule has 16 heavy (non-hydrogen) atoms. The van der Waals surface area contributed by atoms with Crippen LogP contribution in [0.3, 0.4) is 0 Å². The van der Waals surface area contributed by atoms with Crippen LogP contribution in [0.2, 0.25) is 0 Å². The summed E-state index contributed by atoms with van der Waals surface area (Å²) in [4.78, 5) is 4.58. The van der Waals surface area contributed by atoms with E-state index in [4.69, 9.17) is 0 Å². The molecule has 1 atom stereocenters. The quantitative estimate of drug-likeness (QED) is 0.877. The smallest absolute Gasteiger partial charge is 0.0925 e. The van der Waals surface area contributed by atoms with Gasteiger partial charge in [-0.2, -0.15) is 11.8 Å². The molecule has 90 valence electrons. The maximum Gasteiger partial charge on any atom is 0.0925 e. The van der Waals surface area contributed by atoms with Gasteiger partial charge in [-0.05, 0) is 25.0 Å². The number of hydrogen-bond donors (Lipinski definition) is 1. The molecule has 0 bridgehead atoms. The van der Waals surface area contributed by atoms with Gasteiger partial charge in [0.1, 0.15) is 0 Å². The van der Waals surface area contributed by atoms with Crippen LogP contribution in [0, 0.1) is 0 Å². The predicted octanol–water partition coefficient (Wildman–Crippen LogP) is 2.73. The maximum absolute atomic E-state index is 4.58. The average molecular weight is 256 g/mol. The van der Waals surface area contributed by atoms with Crippen LogP contribution >= 0.6 is 23.1 Å². The van der Waals surface area contributed by atoms with Gasteiger partial charge in [-0.3, -0.25) is 0 Å². The Bertz CT molecular complexity index is 306. The molecule has 0 unspecified atom stereocenters. The Labute approximate surface area is 106 Å². The zero-order valence-electron chi connectivity index (χ0n) is 9.87. The first-order valence-electron chi connectivity index (χ1n) is 6.13. The van der Waals surface area contributed by atoms with E-state index in [1.165, 1.54) is 35.0 Å². The molecule has 1 aliphatic rings. The fourth-order valence-electron chi connectivity index (χ4n) is 1.93. The maximum atomic E-state index is 4.58. The molecule has 1 saturated heterocycles. The van der Waals surface area contributed by atoms with Gasteiger partial charge in [0.05, 0.1) is 10.7 Å². The fraction of sp³-hybridized carbons (Fsp3) is 0.750. The molecule has 0 radical (unpaired) electrons. The van der Waals surface area contributed by atoms with Crippen molar-refractivity contribution in [2.75, 3.05) is 18.1 Å². The van der Waals surface area contributed by atoms with Gasteiger partial charge in [0.15, 0.2) is 0 Å². The van der Waals surface area contributed by atoms with E-state index in [0.717, 1.165) is 25.4 Å². The molecule has 0 saturated carbocycles. The summed E-state index contributed by atoms with van der Waals surface area (Å²) in [6, 6.07) is 0.739. The summed E-state index contributed by atoms with van der Waals surface area (Å²) in [5, 5.41) is 7.11.